The summed E-state index contributed by atoms with van der Waals surface area (Å²) >= 11 is 0. The molecule has 1 fully saturated rings. The number of aromatic nitrogens is 5. The Kier molecular flexibility index (Phi) is 5.80. The Morgan fingerprint density at radius 2 is 2.28 bits per heavy atom. The average Bonchev–Trinajstić information content (AvgIpc) is 3.19. The van der Waals surface area contributed by atoms with E-state index in [1.165, 1.54) is 6.42 Å². The number of hydrogen-bond acceptors (Lipinski definition) is 5. The van der Waals surface area contributed by atoms with E-state index in [4.69, 9.17) is 0 Å². The highest BCUT2D eigenvalue weighted by Crippen LogP contribution is 2.21. The highest BCUT2D eigenvalue weighted by molar-refractivity contribution is 5.75. The van der Waals surface area contributed by atoms with Crippen LogP contribution in [0.4, 0.5) is 0 Å². The average molecular weight is 345 g/mol. The van der Waals surface area contributed by atoms with Crippen LogP contribution in [0.5, 0.6) is 0 Å². The van der Waals surface area contributed by atoms with Crippen LogP contribution in [-0.2, 0) is 17.9 Å². The number of rotatable bonds is 7. The smallest absolute Gasteiger partial charge is 0.241 e. The van der Waals surface area contributed by atoms with E-state index in [1.807, 2.05) is 30.8 Å². The quantitative estimate of drug-likeness (QED) is 0.723. The monoisotopic (exact) mass is 345 g/mol. The molecule has 1 aliphatic rings. The first-order valence-electron chi connectivity index (χ1n) is 9.00. The lowest BCUT2D eigenvalue weighted by Gasteiger charge is -2.20. The number of amides is 1. The van der Waals surface area contributed by atoms with Crippen LogP contribution in [0.15, 0.2) is 12.3 Å². The van der Waals surface area contributed by atoms with Crippen molar-refractivity contribution in [2.24, 2.45) is 0 Å². The number of carbonyl (C=O) groups excluding carboxylic acids is 1. The van der Waals surface area contributed by atoms with Gasteiger partial charge in [-0.25, -0.2) is 4.98 Å². The molecule has 2 aromatic rings. The van der Waals surface area contributed by atoms with E-state index >= 15 is 0 Å². The van der Waals surface area contributed by atoms with Crippen LogP contribution in [0.2, 0.25) is 0 Å². The maximum atomic E-state index is 12.1. The minimum Gasteiger partial charge on any atom is -0.354 e. The molecule has 2 aromatic heterocycles. The lowest BCUT2D eigenvalue weighted by Crippen LogP contribution is -2.30. The third kappa shape index (κ3) is 4.88. The van der Waals surface area contributed by atoms with Gasteiger partial charge in [-0.3, -0.25) is 14.2 Å². The number of aryl methyl sites for hydroxylation is 3. The summed E-state index contributed by atoms with van der Waals surface area (Å²) < 4.78 is 3.60. The first kappa shape index (κ1) is 17.6. The van der Waals surface area contributed by atoms with Gasteiger partial charge in [0.2, 0.25) is 5.91 Å². The number of carbonyl (C=O) groups is 1. The highest BCUT2D eigenvalue weighted by atomic mass is 16.2. The second-order valence-electron chi connectivity index (χ2n) is 6.61. The predicted molar refractivity (Wildman–Crippen MR) is 94.2 cm³/mol. The van der Waals surface area contributed by atoms with E-state index in [9.17, 15) is 4.79 Å². The van der Waals surface area contributed by atoms with Crippen molar-refractivity contribution in [2.75, 3.05) is 19.6 Å². The molecular formula is C17H27N7O. The molecule has 8 nitrogen and oxygen atoms in total. The van der Waals surface area contributed by atoms with Crippen LogP contribution in [0.25, 0.3) is 0 Å². The number of hydrogen-bond donors (Lipinski definition) is 2. The molecule has 25 heavy (non-hydrogen) atoms. The van der Waals surface area contributed by atoms with Gasteiger partial charge in [-0.1, -0.05) is 0 Å². The molecular weight excluding hydrogens is 318 g/mol. The summed E-state index contributed by atoms with van der Waals surface area (Å²) in [6, 6.07) is 2.03. The van der Waals surface area contributed by atoms with Crippen molar-refractivity contribution in [3.05, 3.63) is 29.6 Å². The maximum Gasteiger partial charge on any atom is 0.241 e. The molecule has 1 amide bonds. The summed E-state index contributed by atoms with van der Waals surface area (Å²) in [4.78, 5) is 16.3. The van der Waals surface area contributed by atoms with Crippen LogP contribution in [0, 0.1) is 13.8 Å². The number of piperidine rings is 1. The normalized spacial score (nSPS) is 17.6. The second kappa shape index (κ2) is 8.24. The third-order valence-electron chi connectivity index (χ3n) is 4.51. The van der Waals surface area contributed by atoms with Crippen LogP contribution in [-0.4, -0.2) is 50.1 Å². The first-order chi connectivity index (χ1) is 12.1. The van der Waals surface area contributed by atoms with Crippen LogP contribution in [0.3, 0.4) is 0 Å². The van der Waals surface area contributed by atoms with E-state index in [2.05, 4.69) is 25.8 Å². The fourth-order valence-electron chi connectivity index (χ4n) is 3.22. The topological polar surface area (TPSA) is 89.7 Å². The summed E-state index contributed by atoms with van der Waals surface area (Å²) in [6.07, 6.45) is 5.07. The zero-order chi connectivity index (χ0) is 17.6. The van der Waals surface area contributed by atoms with Gasteiger partial charge >= 0.3 is 0 Å². The van der Waals surface area contributed by atoms with Crippen LogP contribution in [0.1, 0.15) is 42.5 Å². The van der Waals surface area contributed by atoms with Gasteiger partial charge in [0.15, 0.2) is 0 Å². The van der Waals surface area contributed by atoms with Crippen molar-refractivity contribution >= 4 is 5.91 Å². The van der Waals surface area contributed by atoms with E-state index < -0.39 is 0 Å². The maximum absolute atomic E-state index is 12.1. The van der Waals surface area contributed by atoms with Gasteiger partial charge < -0.3 is 10.6 Å². The molecule has 0 unspecified atom stereocenters. The standard InChI is InChI=1S/C17H27N7O/c1-13-20-14(2)24(21-13)9-4-8-19-17(25)12-23-10-6-16(22-23)15-5-3-7-18-11-15/h6,10,15,18H,3-5,7-9,11-12H2,1-2H3,(H,19,25)/t15-/m0/s1. The van der Waals surface area contributed by atoms with Crippen molar-refractivity contribution in [3.63, 3.8) is 0 Å². The molecule has 1 atom stereocenters. The summed E-state index contributed by atoms with van der Waals surface area (Å²) in [5, 5.41) is 15.2. The minimum atomic E-state index is -0.0112. The molecule has 136 valence electrons. The van der Waals surface area contributed by atoms with Crippen LogP contribution >= 0.6 is 0 Å². The Bertz CT molecular complexity index is 700. The largest absolute Gasteiger partial charge is 0.354 e. The fourth-order valence-corrected chi connectivity index (χ4v) is 3.22. The minimum absolute atomic E-state index is 0.0112. The van der Waals surface area contributed by atoms with Crippen molar-refractivity contribution in [3.8, 4) is 0 Å². The highest BCUT2D eigenvalue weighted by Gasteiger charge is 2.17. The summed E-state index contributed by atoms with van der Waals surface area (Å²) in [6.45, 7) is 7.54. The summed E-state index contributed by atoms with van der Waals surface area (Å²) in [5.41, 5.74) is 1.08. The van der Waals surface area contributed by atoms with Gasteiger partial charge in [-0.05, 0) is 45.7 Å². The Labute approximate surface area is 148 Å². The van der Waals surface area contributed by atoms with Gasteiger partial charge in [-0.15, -0.1) is 0 Å². The molecule has 2 N–H and O–H groups in total. The molecule has 0 bridgehead atoms. The zero-order valence-corrected chi connectivity index (χ0v) is 15.0. The molecule has 0 spiro atoms. The van der Waals surface area contributed by atoms with Crippen molar-refractivity contribution < 1.29 is 4.79 Å². The molecule has 1 saturated heterocycles. The Morgan fingerprint density at radius 1 is 1.40 bits per heavy atom. The number of nitrogens with zero attached hydrogens (tertiary/aromatic N) is 5. The van der Waals surface area contributed by atoms with Gasteiger partial charge in [0, 0.05) is 31.7 Å². The lowest BCUT2D eigenvalue weighted by atomic mass is 9.97. The van der Waals surface area contributed by atoms with Gasteiger partial charge in [0.1, 0.15) is 18.2 Å². The third-order valence-corrected chi connectivity index (χ3v) is 4.51. The Morgan fingerprint density at radius 3 is 3.00 bits per heavy atom. The SMILES string of the molecule is Cc1nc(C)n(CCCNC(=O)Cn2ccc([C@H]3CCCNC3)n2)n1. The molecule has 3 heterocycles. The molecule has 3 rings (SSSR count). The predicted octanol–water partition coefficient (Wildman–Crippen LogP) is 0.765. The lowest BCUT2D eigenvalue weighted by molar-refractivity contribution is -0.121. The van der Waals surface area contributed by atoms with Crippen molar-refractivity contribution in [1.29, 1.82) is 0 Å². The summed E-state index contributed by atoms with van der Waals surface area (Å²) in [5.74, 6) is 2.14. The molecule has 1 aliphatic heterocycles. The number of nitrogens with one attached hydrogen (secondary N) is 2. The Hall–Kier alpha value is -2.22. The zero-order valence-electron chi connectivity index (χ0n) is 15.0. The van der Waals surface area contributed by atoms with E-state index in [0.29, 0.717) is 12.5 Å². The molecule has 0 saturated carbocycles. The van der Waals surface area contributed by atoms with Gasteiger partial charge in [0.25, 0.3) is 0 Å². The molecule has 0 aliphatic carbocycles. The second-order valence-corrected chi connectivity index (χ2v) is 6.61. The fraction of sp³-hybridized carbons (Fsp3) is 0.647. The molecule has 0 radical (unpaired) electrons. The van der Waals surface area contributed by atoms with Gasteiger partial charge in [0.05, 0.1) is 5.69 Å². The van der Waals surface area contributed by atoms with E-state index in [-0.39, 0.29) is 12.5 Å². The van der Waals surface area contributed by atoms with Crippen LogP contribution < -0.4 is 10.6 Å². The van der Waals surface area contributed by atoms with Gasteiger partial charge in [-0.2, -0.15) is 10.2 Å². The van der Waals surface area contributed by atoms with Crippen molar-refractivity contribution in [1.82, 2.24) is 35.2 Å². The van der Waals surface area contributed by atoms with E-state index in [1.54, 1.807) is 4.68 Å². The van der Waals surface area contributed by atoms with E-state index in [0.717, 1.165) is 49.8 Å². The summed E-state index contributed by atoms with van der Waals surface area (Å²) in [7, 11) is 0. The first-order valence-corrected chi connectivity index (χ1v) is 9.00. The molecule has 8 heteroatoms. The Balaban J connectivity index is 1.39. The molecule has 0 aromatic carbocycles. The van der Waals surface area contributed by atoms with Crippen molar-refractivity contribution in [2.45, 2.75) is 52.1 Å².